The van der Waals surface area contributed by atoms with E-state index in [4.69, 9.17) is 5.11 Å². The summed E-state index contributed by atoms with van der Waals surface area (Å²) in [6, 6.07) is 0. The molecule has 0 heterocycles. The molecule has 0 aromatic rings. The summed E-state index contributed by atoms with van der Waals surface area (Å²) in [4.78, 5) is 21.9. The highest BCUT2D eigenvalue weighted by Gasteiger charge is 2.31. The lowest BCUT2D eigenvalue weighted by Gasteiger charge is -2.28. The van der Waals surface area contributed by atoms with Crippen LogP contribution in [0.5, 0.6) is 0 Å². The normalized spacial score (nSPS) is 31.4. The van der Waals surface area contributed by atoms with Crippen LogP contribution in [0.1, 0.15) is 33.1 Å². The first-order valence-electron chi connectivity index (χ1n) is 4.75. The molecule has 0 aromatic heterocycles. The van der Waals surface area contributed by atoms with Crippen molar-refractivity contribution in [1.82, 2.24) is 0 Å². The van der Waals surface area contributed by atoms with Gasteiger partial charge in [-0.15, -0.1) is 0 Å². The van der Waals surface area contributed by atoms with E-state index in [0.29, 0.717) is 18.8 Å². The minimum Gasteiger partial charge on any atom is -0.481 e. The van der Waals surface area contributed by atoms with Gasteiger partial charge in [0.2, 0.25) is 0 Å². The topological polar surface area (TPSA) is 54.4 Å². The Kier molecular flexibility index (Phi) is 3.07. The third-order valence-corrected chi connectivity index (χ3v) is 2.87. The van der Waals surface area contributed by atoms with Crippen LogP contribution in [0.15, 0.2) is 0 Å². The third-order valence-electron chi connectivity index (χ3n) is 2.87. The molecule has 3 heteroatoms. The zero-order valence-corrected chi connectivity index (χ0v) is 8.12. The van der Waals surface area contributed by atoms with E-state index in [2.05, 4.69) is 0 Å². The summed E-state index contributed by atoms with van der Waals surface area (Å²) in [5, 5.41) is 8.80. The van der Waals surface area contributed by atoms with Gasteiger partial charge in [-0.05, 0) is 18.3 Å². The average molecular weight is 184 g/mol. The molecular weight excluding hydrogens is 168 g/mol. The molecule has 1 saturated carbocycles. The van der Waals surface area contributed by atoms with Crippen LogP contribution in [-0.4, -0.2) is 16.9 Å². The van der Waals surface area contributed by atoms with Crippen molar-refractivity contribution in [2.75, 3.05) is 0 Å². The minimum absolute atomic E-state index is 0.0498. The molecule has 0 bridgehead atoms. The van der Waals surface area contributed by atoms with Crippen LogP contribution in [0.2, 0.25) is 0 Å². The van der Waals surface area contributed by atoms with Gasteiger partial charge < -0.3 is 5.11 Å². The summed E-state index contributed by atoms with van der Waals surface area (Å²) >= 11 is 0. The number of carbonyl (C=O) groups excluding carboxylic acids is 1. The molecule has 0 amide bonds. The standard InChI is InChI=1S/C10H16O3/c1-6-3-8(5-9(11)4-6)7(2)10(12)13/h6-8H,3-5H2,1-2H3,(H,12,13)/t6-,7+,8-/m1/s1. The van der Waals surface area contributed by atoms with Crippen molar-refractivity contribution in [3.8, 4) is 0 Å². The van der Waals surface area contributed by atoms with Gasteiger partial charge in [0.05, 0.1) is 5.92 Å². The summed E-state index contributed by atoms with van der Waals surface area (Å²) in [7, 11) is 0. The highest BCUT2D eigenvalue weighted by Crippen LogP contribution is 2.31. The molecule has 1 aliphatic rings. The van der Waals surface area contributed by atoms with E-state index < -0.39 is 5.97 Å². The number of Topliss-reactive ketones (excluding diaryl/α,β-unsaturated/α-hetero) is 1. The molecule has 0 spiro atoms. The van der Waals surface area contributed by atoms with Crippen molar-refractivity contribution in [1.29, 1.82) is 0 Å². The first-order valence-corrected chi connectivity index (χ1v) is 4.75. The van der Waals surface area contributed by atoms with Gasteiger partial charge in [-0.3, -0.25) is 9.59 Å². The van der Waals surface area contributed by atoms with E-state index in [1.807, 2.05) is 6.92 Å². The molecule has 0 aliphatic heterocycles. The summed E-state index contributed by atoms with van der Waals surface area (Å²) in [5.41, 5.74) is 0. The quantitative estimate of drug-likeness (QED) is 0.710. The number of aliphatic carboxylic acids is 1. The lowest BCUT2D eigenvalue weighted by Crippen LogP contribution is -2.29. The number of ketones is 1. The van der Waals surface area contributed by atoms with Crippen molar-refractivity contribution in [2.45, 2.75) is 33.1 Å². The molecule has 1 fully saturated rings. The molecule has 0 saturated heterocycles. The highest BCUT2D eigenvalue weighted by molar-refractivity contribution is 5.80. The molecule has 0 unspecified atom stereocenters. The van der Waals surface area contributed by atoms with Crippen LogP contribution in [0.4, 0.5) is 0 Å². The van der Waals surface area contributed by atoms with E-state index in [0.717, 1.165) is 6.42 Å². The van der Waals surface area contributed by atoms with Crippen LogP contribution in [0.25, 0.3) is 0 Å². The molecule has 0 radical (unpaired) electrons. The Labute approximate surface area is 78.1 Å². The van der Waals surface area contributed by atoms with Crippen molar-refractivity contribution < 1.29 is 14.7 Å². The molecule has 0 aromatic carbocycles. The fourth-order valence-corrected chi connectivity index (χ4v) is 2.03. The molecular formula is C10H16O3. The highest BCUT2D eigenvalue weighted by atomic mass is 16.4. The van der Waals surface area contributed by atoms with Crippen molar-refractivity contribution in [2.24, 2.45) is 17.8 Å². The number of carboxylic acids is 1. The Hall–Kier alpha value is -0.860. The second kappa shape index (κ2) is 3.90. The maximum Gasteiger partial charge on any atom is 0.306 e. The van der Waals surface area contributed by atoms with E-state index >= 15 is 0 Å². The first kappa shape index (κ1) is 10.2. The van der Waals surface area contributed by atoms with Crippen LogP contribution < -0.4 is 0 Å². The van der Waals surface area contributed by atoms with Gasteiger partial charge in [-0.25, -0.2) is 0 Å². The van der Waals surface area contributed by atoms with Crippen LogP contribution in [0.3, 0.4) is 0 Å². The van der Waals surface area contributed by atoms with E-state index in [-0.39, 0.29) is 17.6 Å². The summed E-state index contributed by atoms with van der Waals surface area (Å²) < 4.78 is 0. The number of hydrogen-bond acceptors (Lipinski definition) is 2. The molecule has 13 heavy (non-hydrogen) atoms. The number of hydrogen-bond donors (Lipinski definition) is 1. The van der Waals surface area contributed by atoms with Gasteiger partial charge in [0.25, 0.3) is 0 Å². The lowest BCUT2D eigenvalue weighted by molar-refractivity contribution is -0.144. The fourth-order valence-electron chi connectivity index (χ4n) is 2.03. The van der Waals surface area contributed by atoms with Crippen LogP contribution >= 0.6 is 0 Å². The molecule has 1 N–H and O–H groups in total. The summed E-state index contributed by atoms with van der Waals surface area (Å²) in [6.07, 6.45) is 1.96. The number of carbonyl (C=O) groups is 2. The van der Waals surface area contributed by atoms with Crippen LogP contribution in [-0.2, 0) is 9.59 Å². The van der Waals surface area contributed by atoms with Crippen LogP contribution in [0, 0.1) is 17.8 Å². The maximum atomic E-state index is 11.2. The van der Waals surface area contributed by atoms with Gasteiger partial charge >= 0.3 is 5.97 Å². The fraction of sp³-hybridized carbons (Fsp3) is 0.800. The largest absolute Gasteiger partial charge is 0.481 e. The second-order valence-corrected chi connectivity index (χ2v) is 4.17. The Morgan fingerprint density at radius 1 is 1.54 bits per heavy atom. The third kappa shape index (κ3) is 2.54. The first-order chi connectivity index (χ1) is 6.00. The Morgan fingerprint density at radius 2 is 2.15 bits per heavy atom. The van der Waals surface area contributed by atoms with Gasteiger partial charge in [-0.1, -0.05) is 13.8 Å². The Balaban J connectivity index is 2.59. The summed E-state index contributed by atoms with van der Waals surface area (Å²) in [6.45, 7) is 3.71. The van der Waals surface area contributed by atoms with Gasteiger partial charge in [0.1, 0.15) is 5.78 Å². The predicted octanol–water partition coefficient (Wildman–Crippen LogP) is 1.71. The zero-order chi connectivity index (χ0) is 10.0. The lowest BCUT2D eigenvalue weighted by atomic mass is 9.76. The molecule has 3 atom stereocenters. The van der Waals surface area contributed by atoms with Crippen molar-refractivity contribution in [3.05, 3.63) is 0 Å². The van der Waals surface area contributed by atoms with Crippen molar-refractivity contribution >= 4 is 11.8 Å². The predicted molar refractivity (Wildman–Crippen MR) is 48.3 cm³/mol. The van der Waals surface area contributed by atoms with Gasteiger partial charge in [0, 0.05) is 12.8 Å². The average Bonchev–Trinajstić information content (AvgIpc) is 2.01. The van der Waals surface area contributed by atoms with E-state index in [1.165, 1.54) is 0 Å². The van der Waals surface area contributed by atoms with Gasteiger partial charge in [0.15, 0.2) is 0 Å². The maximum absolute atomic E-state index is 11.2. The second-order valence-electron chi connectivity index (χ2n) is 4.17. The zero-order valence-electron chi connectivity index (χ0n) is 8.12. The van der Waals surface area contributed by atoms with Gasteiger partial charge in [-0.2, -0.15) is 0 Å². The Bertz CT molecular complexity index is 222. The van der Waals surface area contributed by atoms with Crippen molar-refractivity contribution in [3.63, 3.8) is 0 Å². The van der Waals surface area contributed by atoms with E-state index in [1.54, 1.807) is 6.92 Å². The monoisotopic (exact) mass is 184 g/mol. The Morgan fingerprint density at radius 3 is 2.62 bits per heavy atom. The SMILES string of the molecule is C[C@H]1CC(=O)C[C@H]([C@H](C)C(=O)O)C1. The number of rotatable bonds is 2. The number of carboxylic acid groups (broad SMARTS) is 1. The molecule has 3 nitrogen and oxygen atoms in total. The molecule has 1 rings (SSSR count). The molecule has 74 valence electrons. The summed E-state index contributed by atoms with van der Waals surface area (Å²) in [5.74, 6) is -0.544. The molecule has 1 aliphatic carbocycles. The van der Waals surface area contributed by atoms with E-state index in [9.17, 15) is 9.59 Å². The smallest absolute Gasteiger partial charge is 0.306 e. The minimum atomic E-state index is -0.785.